The first-order valence-corrected chi connectivity index (χ1v) is 9.44. The molecule has 1 aromatic heterocycles. The molecule has 7 nitrogen and oxygen atoms in total. The summed E-state index contributed by atoms with van der Waals surface area (Å²) in [4.78, 5) is 38.6. The lowest BCUT2D eigenvalue weighted by Crippen LogP contribution is -2.46. The number of halogens is 2. The number of carbonyl (C=O) groups excluding carboxylic acids is 3. The molecule has 1 saturated heterocycles. The average Bonchev–Trinajstić information content (AvgIpc) is 3.20. The number of alkyl halides is 2. The van der Waals surface area contributed by atoms with Gasteiger partial charge in [0.05, 0.1) is 6.54 Å². The molecule has 1 aliphatic heterocycles. The number of hydrogen-bond acceptors (Lipinski definition) is 5. The van der Waals surface area contributed by atoms with E-state index in [9.17, 15) is 23.2 Å². The number of rotatable bonds is 3. The van der Waals surface area contributed by atoms with Crippen molar-refractivity contribution in [2.45, 2.75) is 70.3 Å². The van der Waals surface area contributed by atoms with Gasteiger partial charge in [-0.3, -0.25) is 14.4 Å². The van der Waals surface area contributed by atoms with Crippen LogP contribution in [0.3, 0.4) is 0 Å². The van der Waals surface area contributed by atoms with Gasteiger partial charge in [-0.1, -0.05) is 25.9 Å². The molecule has 3 rings (SSSR count). The number of carbonyl (C=O) groups is 3. The van der Waals surface area contributed by atoms with Crippen molar-refractivity contribution in [2.75, 3.05) is 11.9 Å². The number of hydrogen-bond donors (Lipinski definition) is 1. The van der Waals surface area contributed by atoms with Crippen LogP contribution in [0, 0.1) is 5.92 Å². The first-order chi connectivity index (χ1) is 13.0. The molecule has 0 aromatic carbocycles. The van der Waals surface area contributed by atoms with E-state index in [1.54, 1.807) is 6.07 Å². The van der Waals surface area contributed by atoms with Crippen LogP contribution in [0.4, 0.5) is 14.6 Å². The summed E-state index contributed by atoms with van der Waals surface area (Å²) in [5.74, 6) is -3.71. The third-order valence-corrected chi connectivity index (χ3v) is 5.30. The normalized spacial score (nSPS) is 23.1. The fraction of sp³-hybridized carbons (Fsp3) is 0.684. The number of anilines is 1. The topological polar surface area (TPSA) is 92.5 Å². The zero-order chi connectivity index (χ0) is 20.7. The number of nitrogens with zero attached hydrogens (tertiary/aromatic N) is 2. The van der Waals surface area contributed by atoms with Gasteiger partial charge in [0.1, 0.15) is 11.8 Å². The SMILES string of the molecule is CC(C)(C)c1cc(NC(=O)[C@@H]2CC(=O)CN2C(=O)C2CCC(F)(F)CC2)no1. The van der Waals surface area contributed by atoms with Crippen molar-refractivity contribution in [3.05, 3.63) is 11.8 Å². The van der Waals surface area contributed by atoms with E-state index in [4.69, 9.17) is 4.52 Å². The van der Waals surface area contributed by atoms with E-state index >= 15 is 0 Å². The minimum Gasteiger partial charge on any atom is -0.359 e. The highest BCUT2D eigenvalue weighted by atomic mass is 19.3. The quantitative estimate of drug-likeness (QED) is 0.847. The van der Waals surface area contributed by atoms with Gasteiger partial charge in [0, 0.05) is 36.7 Å². The number of aromatic nitrogens is 1. The van der Waals surface area contributed by atoms with Crippen LogP contribution in [0.15, 0.2) is 10.6 Å². The second-order valence-electron chi connectivity index (χ2n) is 8.67. The Labute approximate surface area is 161 Å². The number of amides is 2. The summed E-state index contributed by atoms with van der Waals surface area (Å²) in [6.07, 6.45) is -0.677. The maximum atomic E-state index is 13.4. The zero-order valence-electron chi connectivity index (χ0n) is 16.3. The van der Waals surface area contributed by atoms with Crippen molar-refractivity contribution in [3.63, 3.8) is 0 Å². The van der Waals surface area contributed by atoms with Gasteiger partial charge in [-0.2, -0.15) is 0 Å². The van der Waals surface area contributed by atoms with Gasteiger partial charge >= 0.3 is 0 Å². The van der Waals surface area contributed by atoms with Crippen molar-refractivity contribution in [1.29, 1.82) is 0 Å². The fourth-order valence-corrected chi connectivity index (χ4v) is 3.58. The predicted octanol–water partition coefficient (Wildman–Crippen LogP) is 2.91. The lowest BCUT2D eigenvalue weighted by atomic mass is 9.85. The first-order valence-electron chi connectivity index (χ1n) is 9.44. The molecule has 1 atom stereocenters. The minimum atomic E-state index is -2.74. The van der Waals surface area contributed by atoms with Gasteiger partial charge in [-0.15, -0.1) is 0 Å². The lowest BCUT2D eigenvalue weighted by Gasteiger charge is -2.32. The first kappa shape index (κ1) is 20.4. The monoisotopic (exact) mass is 397 g/mol. The van der Waals surface area contributed by atoms with Gasteiger partial charge in [-0.25, -0.2) is 8.78 Å². The third kappa shape index (κ3) is 4.39. The fourth-order valence-electron chi connectivity index (χ4n) is 3.58. The smallest absolute Gasteiger partial charge is 0.248 e. The van der Waals surface area contributed by atoms with Crippen molar-refractivity contribution in [3.8, 4) is 0 Å². The van der Waals surface area contributed by atoms with Crippen LogP contribution in [0.1, 0.15) is 58.6 Å². The number of likely N-dealkylation sites (tertiary alicyclic amines) is 1. The van der Waals surface area contributed by atoms with E-state index in [1.165, 1.54) is 4.90 Å². The maximum Gasteiger partial charge on any atom is 0.248 e. The second kappa shape index (κ2) is 7.25. The van der Waals surface area contributed by atoms with Gasteiger partial charge < -0.3 is 14.7 Å². The summed E-state index contributed by atoms with van der Waals surface area (Å²) < 4.78 is 31.9. The summed E-state index contributed by atoms with van der Waals surface area (Å²) in [6.45, 7) is 5.63. The summed E-state index contributed by atoms with van der Waals surface area (Å²) in [6, 6.07) is 0.640. The maximum absolute atomic E-state index is 13.4. The van der Waals surface area contributed by atoms with E-state index < -0.39 is 29.7 Å². The number of nitrogens with one attached hydrogen (secondary N) is 1. The Hall–Kier alpha value is -2.32. The van der Waals surface area contributed by atoms with Crippen LogP contribution >= 0.6 is 0 Å². The van der Waals surface area contributed by atoms with E-state index in [1.807, 2.05) is 20.8 Å². The molecule has 1 N–H and O–H groups in total. The van der Waals surface area contributed by atoms with Crippen molar-refractivity contribution in [1.82, 2.24) is 10.1 Å². The van der Waals surface area contributed by atoms with E-state index in [0.29, 0.717) is 5.76 Å². The Bertz CT molecular complexity index is 774. The van der Waals surface area contributed by atoms with Gasteiger partial charge in [0.25, 0.3) is 0 Å². The van der Waals surface area contributed by atoms with Crippen LogP contribution < -0.4 is 5.32 Å². The molecule has 1 saturated carbocycles. The Morgan fingerprint density at radius 1 is 1.29 bits per heavy atom. The summed E-state index contributed by atoms with van der Waals surface area (Å²) in [5.41, 5.74) is -0.287. The highest BCUT2D eigenvalue weighted by Crippen LogP contribution is 2.37. The molecule has 0 unspecified atom stereocenters. The Morgan fingerprint density at radius 3 is 2.50 bits per heavy atom. The number of ketones is 1. The van der Waals surface area contributed by atoms with Crippen molar-refractivity contribution >= 4 is 23.4 Å². The number of Topliss-reactive ketones (excluding diaryl/α,β-unsaturated/α-hetero) is 1. The summed E-state index contributed by atoms with van der Waals surface area (Å²) in [7, 11) is 0. The molecule has 2 heterocycles. The van der Waals surface area contributed by atoms with E-state index in [-0.39, 0.29) is 55.7 Å². The van der Waals surface area contributed by atoms with Gasteiger partial charge in [-0.05, 0) is 12.8 Å². The Morgan fingerprint density at radius 2 is 1.93 bits per heavy atom. The minimum absolute atomic E-state index is 0.0586. The highest BCUT2D eigenvalue weighted by molar-refractivity contribution is 6.03. The van der Waals surface area contributed by atoms with E-state index in [2.05, 4.69) is 10.5 Å². The lowest BCUT2D eigenvalue weighted by molar-refractivity contribution is -0.144. The zero-order valence-corrected chi connectivity index (χ0v) is 16.3. The molecule has 154 valence electrons. The third-order valence-electron chi connectivity index (χ3n) is 5.30. The Kier molecular flexibility index (Phi) is 5.29. The molecule has 2 aliphatic rings. The molecular weight excluding hydrogens is 372 g/mol. The standard InChI is InChI=1S/C19H25F2N3O4/c1-18(2,3)14-9-15(23-28-14)22-16(26)13-8-12(25)10-24(13)17(27)11-4-6-19(20,21)7-5-11/h9,11,13H,4-8,10H2,1-3H3,(H,22,23,26)/t13-/m0/s1. The molecular formula is C19H25F2N3O4. The molecule has 2 fully saturated rings. The largest absolute Gasteiger partial charge is 0.359 e. The van der Waals surface area contributed by atoms with Crippen LogP contribution in [0.2, 0.25) is 0 Å². The van der Waals surface area contributed by atoms with Crippen LogP contribution in [-0.4, -0.2) is 46.2 Å². The molecule has 0 spiro atoms. The summed E-state index contributed by atoms with van der Waals surface area (Å²) in [5, 5.41) is 6.40. The molecule has 2 amide bonds. The average molecular weight is 397 g/mol. The molecule has 1 aliphatic carbocycles. The Balaban J connectivity index is 1.68. The molecule has 1 aromatic rings. The van der Waals surface area contributed by atoms with Crippen LogP contribution in [0.5, 0.6) is 0 Å². The van der Waals surface area contributed by atoms with Crippen molar-refractivity contribution in [2.24, 2.45) is 5.92 Å². The molecule has 9 heteroatoms. The molecule has 0 bridgehead atoms. The second-order valence-corrected chi connectivity index (χ2v) is 8.67. The van der Waals surface area contributed by atoms with Crippen LogP contribution in [-0.2, 0) is 19.8 Å². The molecule has 0 radical (unpaired) electrons. The van der Waals surface area contributed by atoms with Crippen LogP contribution in [0.25, 0.3) is 0 Å². The van der Waals surface area contributed by atoms with E-state index in [0.717, 1.165) is 0 Å². The predicted molar refractivity (Wildman–Crippen MR) is 95.9 cm³/mol. The van der Waals surface area contributed by atoms with Crippen molar-refractivity contribution < 1.29 is 27.7 Å². The summed E-state index contributed by atoms with van der Waals surface area (Å²) >= 11 is 0. The van der Waals surface area contributed by atoms with Gasteiger partial charge in [0.2, 0.25) is 17.7 Å². The highest BCUT2D eigenvalue weighted by Gasteiger charge is 2.44. The van der Waals surface area contributed by atoms with Gasteiger partial charge in [0.15, 0.2) is 11.6 Å². The molecule has 28 heavy (non-hydrogen) atoms.